The van der Waals surface area contributed by atoms with Crippen LogP contribution in [0.5, 0.6) is 0 Å². The Kier molecular flexibility index (Phi) is 3.29. The molecule has 0 saturated carbocycles. The van der Waals surface area contributed by atoms with E-state index in [1.165, 1.54) is 12.1 Å². The average Bonchev–Trinajstić information content (AvgIpc) is 2.71. The first-order chi connectivity index (χ1) is 9.97. The number of β-amino-alcohol motifs (C(OH)–C–C–N with tert-alkyl or cyclic N) is 1. The molecule has 1 aliphatic rings. The molecule has 2 heterocycles. The van der Waals surface area contributed by atoms with Gasteiger partial charge in [-0.1, -0.05) is 0 Å². The number of amides is 1. The van der Waals surface area contributed by atoms with E-state index < -0.39 is 6.10 Å². The van der Waals surface area contributed by atoms with E-state index in [0.717, 1.165) is 17.1 Å². The molecule has 0 radical (unpaired) electrons. The van der Waals surface area contributed by atoms with Crippen LogP contribution in [0, 0.1) is 19.7 Å². The van der Waals surface area contributed by atoms with E-state index in [4.69, 9.17) is 0 Å². The molecule has 2 aromatic rings. The molecule has 5 heteroatoms. The Morgan fingerprint density at radius 2 is 1.86 bits per heavy atom. The third-order valence-corrected chi connectivity index (χ3v) is 3.90. The minimum Gasteiger partial charge on any atom is -0.389 e. The molecule has 3 rings (SSSR count). The smallest absolute Gasteiger partial charge is 0.255 e. The number of aromatic nitrogens is 1. The molecule has 1 fully saturated rings. The Morgan fingerprint density at radius 1 is 1.24 bits per heavy atom. The number of likely N-dealkylation sites (tertiary alicyclic amines) is 1. The lowest BCUT2D eigenvalue weighted by Crippen LogP contribution is -2.53. The number of aliphatic hydroxyl groups excluding tert-OH is 1. The number of nitrogens with zero attached hydrogens (tertiary/aromatic N) is 2. The first kappa shape index (κ1) is 13.8. The molecule has 1 saturated heterocycles. The first-order valence-corrected chi connectivity index (χ1v) is 6.89. The van der Waals surface area contributed by atoms with Gasteiger partial charge in [0.15, 0.2) is 0 Å². The topological polar surface area (TPSA) is 45.5 Å². The summed E-state index contributed by atoms with van der Waals surface area (Å²) in [7, 11) is 0. The second-order valence-corrected chi connectivity index (χ2v) is 5.46. The minimum atomic E-state index is -0.408. The van der Waals surface area contributed by atoms with Gasteiger partial charge < -0.3 is 14.6 Å². The van der Waals surface area contributed by atoms with Crippen LogP contribution >= 0.6 is 0 Å². The molecule has 0 atom stereocenters. The molecule has 0 unspecified atom stereocenters. The molecule has 4 nitrogen and oxygen atoms in total. The Bertz CT molecular complexity index is 685. The summed E-state index contributed by atoms with van der Waals surface area (Å²) in [5.74, 6) is -0.353. The number of halogens is 1. The van der Waals surface area contributed by atoms with Crippen LogP contribution < -0.4 is 0 Å². The van der Waals surface area contributed by atoms with Crippen LogP contribution in [0.15, 0.2) is 30.3 Å². The van der Waals surface area contributed by atoms with Gasteiger partial charge in [-0.25, -0.2) is 4.39 Å². The highest BCUT2D eigenvalue weighted by Gasteiger charge is 2.31. The van der Waals surface area contributed by atoms with Gasteiger partial charge >= 0.3 is 0 Å². The monoisotopic (exact) mass is 288 g/mol. The number of carbonyl (C=O) groups is 1. The predicted molar refractivity (Wildman–Crippen MR) is 77.1 cm³/mol. The molecule has 1 N–H and O–H groups in total. The number of hydrogen-bond donors (Lipinski definition) is 1. The second-order valence-electron chi connectivity index (χ2n) is 5.46. The van der Waals surface area contributed by atoms with E-state index in [2.05, 4.69) is 0 Å². The molecule has 0 spiro atoms. The predicted octanol–water partition coefficient (Wildman–Crippen LogP) is 2.05. The van der Waals surface area contributed by atoms with Crippen LogP contribution in [0.4, 0.5) is 4.39 Å². The van der Waals surface area contributed by atoms with Crippen LogP contribution in [-0.4, -0.2) is 39.7 Å². The minimum absolute atomic E-state index is 0.0678. The van der Waals surface area contributed by atoms with Gasteiger partial charge in [-0.05, 0) is 44.2 Å². The van der Waals surface area contributed by atoms with Crippen LogP contribution in [-0.2, 0) is 0 Å². The molecule has 110 valence electrons. The molecule has 1 aromatic heterocycles. The van der Waals surface area contributed by atoms with Gasteiger partial charge in [0.05, 0.1) is 11.7 Å². The fourth-order valence-electron chi connectivity index (χ4n) is 2.76. The van der Waals surface area contributed by atoms with E-state index in [9.17, 15) is 14.3 Å². The molecular weight excluding hydrogens is 271 g/mol. The molecule has 0 bridgehead atoms. The number of aryl methyl sites for hydroxylation is 1. The summed E-state index contributed by atoms with van der Waals surface area (Å²) in [6.45, 7) is 4.57. The maximum Gasteiger partial charge on any atom is 0.255 e. The van der Waals surface area contributed by atoms with Crippen LogP contribution in [0.2, 0.25) is 0 Å². The number of rotatable bonds is 2. The van der Waals surface area contributed by atoms with Crippen molar-refractivity contribution in [3.63, 3.8) is 0 Å². The zero-order valence-corrected chi connectivity index (χ0v) is 12.0. The summed E-state index contributed by atoms with van der Waals surface area (Å²) in [5, 5.41) is 9.31. The van der Waals surface area contributed by atoms with Gasteiger partial charge in [0.2, 0.25) is 0 Å². The van der Waals surface area contributed by atoms with E-state index in [0.29, 0.717) is 18.7 Å². The quantitative estimate of drug-likeness (QED) is 0.919. The van der Waals surface area contributed by atoms with Crippen molar-refractivity contribution in [2.75, 3.05) is 13.1 Å². The lowest BCUT2D eigenvalue weighted by atomic mass is 10.1. The van der Waals surface area contributed by atoms with Gasteiger partial charge in [-0.15, -0.1) is 0 Å². The van der Waals surface area contributed by atoms with Crippen LogP contribution in [0.1, 0.15) is 21.7 Å². The van der Waals surface area contributed by atoms with Crippen molar-refractivity contribution in [2.45, 2.75) is 20.0 Å². The fraction of sp³-hybridized carbons (Fsp3) is 0.312. The van der Waals surface area contributed by atoms with Gasteiger partial charge in [0, 0.05) is 30.2 Å². The van der Waals surface area contributed by atoms with Crippen LogP contribution in [0.25, 0.3) is 5.69 Å². The zero-order valence-electron chi connectivity index (χ0n) is 12.0. The summed E-state index contributed by atoms with van der Waals surface area (Å²) in [5.41, 5.74) is 3.20. The molecule has 1 aliphatic heterocycles. The van der Waals surface area contributed by atoms with Crippen molar-refractivity contribution in [2.24, 2.45) is 0 Å². The third-order valence-electron chi connectivity index (χ3n) is 3.90. The van der Waals surface area contributed by atoms with E-state index in [-0.39, 0.29) is 11.7 Å². The van der Waals surface area contributed by atoms with Crippen LogP contribution in [0.3, 0.4) is 0 Å². The Balaban J connectivity index is 1.96. The van der Waals surface area contributed by atoms with Crippen molar-refractivity contribution >= 4 is 5.91 Å². The van der Waals surface area contributed by atoms with Gasteiger partial charge in [0.1, 0.15) is 5.82 Å². The fourth-order valence-corrected chi connectivity index (χ4v) is 2.76. The maximum absolute atomic E-state index is 13.0. The summed E-state index contributed by atoms with van der Waals surface area (Å²) in [6.07, 6.45) is -0.408. The summed E-state index contributed by atoms with van der Waals surface area (Å²) in [4.78, 5) is 14.0. The highest BCUT2D eigenvalue weighted by atomic mass is 19.1. The summed E-state index contributed by atoms with van der Waals surface area (Å²) >= 11 is 0. The second kappa shape index (κ2) is 5.00. The van der Waals surface area contributed by atoms with Crippen molar-refractivity contribution in [3.8, 4) is 5.69 Å². The first-order valence-electron chi connectivity index (χ1n) is 6.89. The highest BCUT2D eigenvalue weighted by Crippen LogP contribution is 2.23. The lowest BCUT2D eigenvalue weighted by Gasteiger charge is -2.35. The van der Waals surface area contributed by atoms with Gasteiger partial charge in [0.25, 0.3) is 5.91 Å². The third kappa shape index (κ3) is 2.34. The molecule has 1 amide bonds. The van der Waals surface area contributed by atoms with Crippen molar-refractivity contribution < 1.29 is 14.3 Å². The summed E-state index contributed by atoms with van der Waals surface area (Å²) in [6, 6.07) is 8.03. The Labute approximate surface area is 122 Å². The normalized spacial score (nSPS) is 15.1. The molecule has 21 heavy (non-hydrogen) atoms. The maximum atomic E-state index is 13.0. The van der Waals surface area contributed by atoms with Crippen molar-refractivity contribution in [1.82, 2.24) is 9.47 Å². The SMILES string of the molecule is Cc1cc(C(=O)N2CC(O)C2)c(C)n1-c1ccc(F)cc1. The lowest BCUT2D eigenvalue weighted by molar-refractivity contribution is 0.00584. The number of carbonyl (C=O) groups excluding carboxylic acids is 1. The number of benzene rings is 1. The van der Waals surface area contributed by atoms with Crippen molar-refractivity contribution in [3.05, 3.63) is 53.1 Å². The Morgan fingerprint density at radius 3 is 2.43 bits per heavy atom. The largest absolute Gasteiger partial charge is 0.389 e. The number of hydrogen-bond acceptors (Lipinski definition) is 2. The molecular formula is C16H17FN2O2. The zero-order chi connectivity index (χ0) is 15.1. The molecule has 0 aliphatic carbocycles. The Hall–Kier alpha value is -2.14. The van der Waals surface area contributed by atoms with Gasteiger partial charge in [-0.3, -0.25) is 4.79 Å². The number of aliphatic hydroxyl groups is 1. The van der Waals surface area contributed by atoms with E-state index in [1.807, 2.05) is 24.5 Å². The standard InChI is InChI=1S/C16H17FN2O2/c1-10-7-15(16(21)18-8-14(20)9-18)11(2)19(10)13-5-3-12(17)4-6-13/h3-7,14,20H,8-9H2,1-2H3. The van der Waals surface area contributed by atoms with Crippen molar-refractivity contribution in [1.29, 1.82) is 0 Å². The van der Waals surface area contributed by atoms with E-state index >= 15 is 0 Å². The van der Waals surface area contributed by atoms with Gasteiger partial charge in [-0.2, -0.15) is 0 Å². The average molecular weight is 288 g/mol. The highest BCUT2D eigenvalue weighted by molar-refractivity contribution is 5.96. The molecule has 1 aromatic carbocycles. The van der Waals surface area contributed by atoms with E-state index in [1.54, 1.807) is 17.0 Å². The summed E-state index contributed by atoms with van der Waals surface area (Å²) < 4.78 is 15.0.